The molecule has 8 nitrogen and oxygen atoms in total. The number of hydrogen-bond donors (Lipinski definition) is 4. The monoisotopic (exact) mass is 761 g/mol. The maximum absolute atomic E-state index is 11.7. The highest BCUT2D eigenvalue weighted by atomic mass is 35.5. The summed E-state index contributed by atoms with van der Waals surface area (Å²) in [5.74, 6) is 0.752. The number of amides is 2. The fourth-order valence-corrected chi connectivity index (χ4v) is 8.04. The standard InChI is InChI=1S/C44H45Cl2N5O3/c1-54-44-32(25-48-27-34-19-22-41(53)50-34)17-20-39(51-44)38-12-6-11-37(43(38)46)36-10-5-9-35(42(36)45)30-15-16-31(24-47-26-33-18-21-40(52)49-33)29(23-30)14-13-28-7-3-2-4-8-28/h2-12,15-17,20,23,33-34,47-48H,13-14,18-19,21-22,24-27H2,1H3,(H,49,52)(H,50,53)/t33-,34-/m0/s1. The number of aromatic nitrogens is 1. The zero-order chi connectivity index (χ0) is 37.4. The van der Waals surface area contributed by atoms with Crippen LogP contribution in [0.3, 0.4) is 0 Å². The number of nitrogens with zero attached hydrogens (tertiary/aromatic N) is 1. The third-order valence-electron chi connectivity index (χ3n) is 10.3. The number of carbonyl (C=O) groups excluding carboxylic acids is 2. The number of methoxy groups -OCH3 is 1. The summed E-state index contributed by atoms with van der Waals surface area (Å²) >= 11 is 14.5. The lowest BCUT2D eigenvalue weighted by molar-refractivity contribution is -0.120. The van der Waals surface area contributed by atoms with Crippen molar-refractivity contribution in [2.24, 2.45) is 0 Å². The van der Waals surface area contributed by atoms with E-state index in [9.17, 15) is 9.59 Å². The second kappa shape index (κ2) is 17.6. The van der Waals surface area contributed by atoms with Gasteiger partial charge in [0.25, 0.3) is 0 Å². The molecule has 0 radical (unpaired) electrons. The van der Waals surface area contributed by atoms with E-state index in [1.54, 1.807) is 7.11 Å². The van der Waals surface area contributed by atoms with Crippen LogP contribution in [0.5, 0.6) is 5.88 Å². The first-order valence-electron chi connectivity index (χ1n) is 18.6. The fourth-order valence-electron chi connectivity index (χ4n) is 7.38. The molecule has 0 bridgehead atoms. The molecular formula is C44H45Cl2N5O3. The van der Waals surface area contributed by atoms with Crippen LogP contribution in [0.25, 0.3) is 33.5 Å². The molecule has 0 unspecified atom stereocenters. The Morgan fingerprint density at radius 1 is 0.667 bits per heavy atom. The van der Waals surface area contributed by atoms with E-state index in [1.807, 2.05) is 48.5 Å². The molecule has 0 aliphatic carbocycles. The van der Waals surface area contributed by atoms with Gasteiger partial charge >= 0.3 is 0 Å². The summed E-state index contributed by atoms with van der Waals surface area (Å²) in [6.07, 6.45) is 4.68. The Morgan fingerprint density at radius 3 is 1.89 bits per heavy atom. The number of benzene rings is 4. The Labute approximate surface area is 327 Å². The Hall–Kier alpha value is -4.73. The van der Waals surface area contributed by atoms with Crippen LogP contribution < -0.4 is 26.0 Å². The van der Waals surface area contributed by atoms with E-state index in [1.165, 1.54) is 16.7 Å². The summed E-state index contributed by atoms with van der Waals surface area (Å²) in [6.45, 7) is 2.70. The van der Waals surface area contributed by atoms with Crippen molar-refractivity contribution >= 4 is 35.0 Å². The molecule has 2 aliphatic heterocycles. The minimum absolute atomic E-state index is 0.105. The minimum Gasteiger partial charge on any atom is -0.481 e. The van der Waals surface area contributed by atoms with Gasteiger partial charge < -0.3 is 26.0 Å². The van der Waals surface area contributed by atoms with E-state index in [-0.39, 0.29) is 23.9 Å². The molecule has 0 spiro atoms. The fraction of sp³-hybridized carbons (Fsp3) is 0.295. The molecule has 2 aliphatic rings. The molecule has 4 aromatic carbocycles. The molecular weight excluding hydrogens is 717 g/mol. The van der Waals surface area contributed by atoms with Gasteiger partial charge in [-0.3, -0.25) is 9.59 Å². The van der Waals surface area contributed by atoms with Gasteiger partial charge in [0.15, 0.2) is 0 Å². The maximum Gasteiger partial charge on any atom is 0.220 e. The second-order valence-corrected chi connectivity index (χ2v) is 14.8. The van der Waals surface area contributed by atoms with Crippen molar-refractivity contribution in [2.45, 2.75) is 63.7 Å². The van der Waals surface area contributed by atoms with Crippen molar-refractivity contribution in [3.05, 3.63) is 129 Å². The second-order valence-electron chi connectivity index (χ2n) is 14.0. The molecule has 0 saturated carbocycles. The van der Waals surface area contributed by atoms with E-state index >= 15 is 0 Å². The van der Waals surface area contributed by atoms with E-state index in [0.717, 1.165) is 65.6 Å². The summed E-state index contributed by atoms with van der Waals surface area (Å²) in [7, 11) is 1.61. The average Bonchev–Trinajstić information content (AvgIpc) is 3.81. The molecule has 3 heterocycles. The first-order valence-corrected chi connectivity index (χ1v) is 19.4. The first-order chi connectivity index (χ1) is 26.4. The van der Waals surface area contributed by atoms with Gasteiger partial charge in [-0.1, -0.05) is 114 Å². The Kier molecular flexibility index (Phi) is 12.3. The Bertz CT molecular complexity index is 2130. The first kappa shape index (κ1) is 37.6. The van der Waals surface area contributed by atoms with Crippen molar-refractivity contribution in [3.8, 4) is 39.4 Å². The van der Waals surface area contributed by atoms with Crippen LogP contribution in [-0.4, -0.2) is 49.1 Å². The van der Waals surface area contributed by atoms with E-state index < -0.39 is 0 Å². The molecule has 2 amide bonds. The van der Waals surface area contributed by atoms with Gasteiger partial charge in [0.05, 0.1) is 22.8 Å². The maximum atomic E-state index is 11.7. The van der Waals surface area contributed by atoms with Gasteiger partial charge in [0, 0.05) is 78.9 Å². The van der Waals surface area contributed by atoms with Crippen molar-refractivity contribution < 1.29 is 14.3 Å². The van der Waals surface area contributed by atoms with E-state index in [0.29, 0.717) is 54.1 Å². The predicted octanol–water partition coefficient (Wildman–Crippen LogP) is 7.92. The Balaban J connectivity index is 1.12. The lowest BCUT2D eigenvalue weighted by Gasteiger charge is -2.17. The number of ether oxygens (including phenoxy) is 1. The van der Waals surface area contributed by atoms with Crippen LogP contribution in [0.4, 0.5) is 0 Å². The third-order valence-corrected chi connectivity index (χ3v) is 11.1. The highest BCUT2D eigenvalue weighted by Crippen LogP contribution is 2.42. The van der Waals surface area contributed by atoms with Crippen LogP contribution in [0, 0.1) is 0 Å². The van der Waals surface area contributed by atoms with Crippen LogP contribution in [0.1, 0.15) is 47.9 Å². The van der Waals surface area contributed by atoms with Gasteiger partial charge in [-0.05, 0) is 54.0 Å². The molecule has 7 rings (SSSR count). The predicted molar refractivity (Wildman–Crippen MR) is 217 cm³/mol. The highest BCUT2D eigenvalue weighted by molar-refractivity contribution is 6.39. The summed E-state index contributed by atoms with van der Waals surface area (Å²) in [5.41, 5.74) is 9.78. The van der Waals surface area contributed by atoms with Crippen molar-refractivity contribution in [2.75, 3.05) is 20.2 Å². The smallest absolute Gasteiger partial charge is 0.220 e. The lowest BCUT2D eigenvalue weighted by atomic mass is 9.93. The summed E-state index contributed by atoms with van der Waals surface area (Å²) in [4.78, 5) is 28.1. The minimum atomic E-state index is 0.105. The summed E-state index contributed by atoms with van der Waals surface area (Å²) < 4.78 is 5.69. The number of aryl methyl sites for hydroxylation is 2. The van der Waals surface area contributed by atoms with Crippen LogP contribution in [0.2, 0.25) is 10.0 Å². The van der Waals surface area contributed by atoms with Gasteiger partial charge in [-0.15, -0.1) is 0 Å². The number of carbonyl (C=O) groups is 2. The van der Waals surface area contributed by atoms with Gasteiger partial charge in [0.1, 0.15) is 0 Å². The molecule has 278 valence electrons. The van der Waals surface area contributed by atoms with Crippen LogP contribution in [0.15, 0.2) is 97.1 Å². The molecule has 2 atom stereocenters. The highest BCUT2D eigenvalue weighted by Gasteiger charge is 2.22. The number of rotatable bonds is 15. The third kappa shape index (κ3) is 8.96. The molecule has 2 saturated heterocycles. The quantitative estimate of drug-likeness (QED) is 0.0865. The molecule has 54 heavy (non-hydrogen) atoms. The lowest BCUT2D eigenvalue weighted by Crippen LogP contribution is -2.35. The Morgan fingerprint density at radius 2 is 1.26 bits per heavy atom. The molecule has 4 N–H and O–H groups in total. The molecule has 10 heteroatoms. The van der Waals surface area contributed by atoms with Gasteiger partial charge in [-0.2, -0.15) is 0 Å². The average molecular weight is 763 g/mol. The number of hydrogen-bond acceptors (Lipinski definition) is 6. The number of halogens is 2. The molecule has 1 aromatic heterocycles. The largest absolute Gasteiger partial charge is 0.481 e. The zero-order valence-corrected chi connectivity index (χ0v) is 31.9. The SMILES string of the molecule is COc1nc(-c2cccc(-c3cccc(-c4ccc(CNC[C@@H]5CCC(=O)N5)c(CCc5ccccc5)c4)c3Cl)c2Cl)ccc1CNC[C@@H]1CCC(=O)N1. The van der Waals surface area contributed by atoms with Crippen molar-refractivity contribution in [3.63, 3.8) is 0 Å². The van der Waals surface area contributed by atoms with Crippen LogP contribution >= 0.6 is 23.2 Å². The van der Waals surface area contributed by atoms with Gasteiger partial charge in [0.2, 0.25) is 17.7 Å². The molecule has 5 aromatic rings. The normalized spacial score (nSPS) is 16.7. The van der Waals surface area contributed by atoms with Crippen LogP contribution in [-0.2, 0) is 35.5 Å². The van der Waals surface area contributed by atoms with Gasteiger partial charge in [-0.25, -0.2) is 4.98 Å². The number of nitrogens with one attached hydrogen (secondary N) is 4. The van der Waals surface area contributed by atoms with Crippen molar-refractivity contribution in [1.82, 2.24) is 26.3 Å². The van der Waals surface area contributed by atoms with Crippen molar-refractivity contribution in [1.29, 1.82) is 0 Å². The summed E-state index contributed by atoms with van der Waals surface area (Å²) in [6, 6.07) is 33.4. The topological polar surface area (TPSA) is 104 Å². The van der Waals surface area contributed by atoms with E-state index in [4.69, 9.17) is 32.9 Å². The van der Waals surface area contributed by atoms with E-state index in [2.05, 4.69) is 69.8 Å². The summed E-state index contributed by atoms with van der Waals surface area (Å²) in [5, 5.41) is 14.2. The number of pyridine rings is 1. The molecule has 2 fully saturated rings. The zero-order valence-electron chi connectivity index (χ0n) is 30.4.